The molecule has 3 rings (SSSR count). The molecule has 5 heteroatoms. The molecule has 0 spiro atoms. The molecule has 2 aromatic heterocycles. The maximum atomic E-state index is 6.04. The summed E-state index contributed by atoms with van der Waals surface area (Å²) in [5.41, 5.74) is 7.93. The van der Waals surface area contributed by atoms with Gasteiger partial charge in [-0.1, -0.05) is 0 Å². The van der Waals surface area contributed by atoms with Crippen LogP contribution in [0.15, 0.2) is 12.5 Å². The topological polar surface area (TPSA) is 61.7 Å². The van der Waals surface area contributed by atoms with Crippen molar-refractivity contribution >= 4 is 5.82 Å². The highest BCUT2D eigenvalue weighted by atomic mass is 15.2. The van der Waals surface area contributed by atoms with Crippen molar-refractivity contribution in [2.45, 2.75) is 25.8 Å². The predicted molar refractivity (Wildman–Crippen MR) is 61.8 cm³/mol. The zero-order chi connectivity index (χ0) is 11.3. The van der Waals surface area contributed by atoms with Gasteiger partial charge in [-0.15, -0.1) is 0 Å². The van der Waals surface area contributed by atoms with Gasteiger partial charge in [-0.25, -0.2) is 9.97 Å². The molecule has 0 aliphatic heterocycles. The molecule has 5 nitrogen and oxygen atoms in total. The number of hydrogen-bond donors (Lipinski definition) is 1. The smallest absolute Gasteiger partial charge is 0.133 e. The van der Waals surface area contributed by atoms with Gasteiger partial charge in [-0.2, -0.15) is 0 Å². The van der Waals surface area contributed by atoms with Crippen LogP contribution in [-0.4, -0.2) is 19.1 Å². The first-order valence-corrected chi connectivity index (χ1v) is 5.49. The van der Waals surface area contributed by atoms with Gasteiger partial charge in [0.1, 0.15) is 17.3 Å². The van der Waals surface area contributed by atoms with Gasteiger partial charge in [0.25, 0.3) is 0 Å². The van der Waals surface area contributed by atoms with Gasteiger partial charge in [0, 0.05) is 13.1 Å². The van der Waals surface area contributed by atoms with E-state index in [0.29, 0.717) is 11.9 Å². The third-order valence-corrected chi connectivity index (χ3v) is 3.21. The number of nitrogens with two attached hydrogens (primary N) is 1. The molecule has 1 aliphatic carbocycles. The lowest BCUT2D eigenvalue weighted by Gasteiger charge is -2.04. The van der Waals surface area contributed by atoms with E-state index in [-0.39, 0.29) is 0 Å². The largest absolute Gasteiger partial charge is 0.383 e. The average Bonchev–Trinajstić information content (AvgIpc) is 2.96. The van der Waals surface area contributed by atoms with Crippen LogP contribution in [0.4, 0.5) is 5.82 Å². The van der Waals surface area contributed by atoms with Crippen molar-refractivity contribution in [3.05, 3.63) is 18.3 Å². The van der Waals surface area contributed by atoms with Crippen LogP contribution in [0.25, 0.3) is 11.4 Å². The summed E-state index contributed by atoms with van der Waals surface area (Å²) >= 11 is 0. The van der Waals surface area contributed by atoms with Crippen molar-refractivity contribution in [2.75, 3.05) is 5.73 Å². The lowest BCUT2D eigenvalue weighted by atomic mass is 10.3. The van der Waals surface area contributed by atoms with Crippen LogP contribution in [0, 0.1) is 6.92 Å². The first kappa shape index (κ1) is 9.45. The van der Waals surface area contributed by atoms with Gasteiger partial charge in [-0.05, 0) is 19.8 Å². The Balaban J connectivity index is 2.14. The molecule has 0 bridgehead atoms. The molecular weight excluding hydrogens is 202 g/mol. The van der Waals surface area contributed by atoms with E-state index in [9.17, 15) is 0 Å². The number of nitrogen functional groups attached to an aromatic ring is 1. The summed E-state index contributed by atoms with van der Waals surface area (Å²) in [6.45, 7) is 1.96. The molecule has 0 atom stereocenters. The number of aryl methyl sites for hydroxylation is 1. The molecule has 84 valence electrons. The van der Waals surface area contributed by atoms with Gasteiger partial charge < -0.3 is 14.9 Å². The molecule has 0 unspecified atom stereocenters. The van der Waals surface area contributed by atoms with Crippen molar-refractivity contribution in [1.29, 1.82) is 0 Å². The van der Waals surface area contributed by atoms with E-state index in [1.807, 2.05) is 31.1 Å². The summed E-state index contributed by atoms with van der Waals surface area (Å²) in [6.07, 6.45) is 6.18. The minimum absolute atomic E-state index is 0.596. The van der Waals surface area contributed by atoms with Gasteiger partial charge in [0.05, 0.1) is 18.2 Å². The number of aromatic nitrogens is 4. The average molecular weight is 217 g/mol. The number of imidazole rings is 2. The monoisotopic (exact) mass is 217 g/mol. The second-order valence-electron chi connectivity index (χ2n) is 4.37. The standard InChI is InChI=1S/C11H15N5/c1-7-14-10(11(12)15(7)2)9-5-13-6-16(9)8-3-4-8/h5-6,8H,3-4,12H2,1-2H3. The van der Waals surface area contributed by atoms with Crippen molar-refractivity contribution in [3.8, 4) is 11.4 Å². The number of anilines is 1. The molecular formula is C11H15N5. The maximum absolute atomic E-state index is 6.04. The quantitative estimate of drug-likeness (QED) is 0.829. The zero-order valence-electron chi connectivity index (χ0n) is 9.51. The Morgan fingerprint density at radius 1 is 1.44 bits per heavy atom. The summed E-state index contributed by atoms with van der Waals surface area (Å²) in [7, 11) is 1.93. The summed E-state index contributed by atoms with van der Waals surface area (Å²) in [4.78, 5) is 8.70. The molecule has 2 heterocycles. The van der Waals surface area contributed by atoms with E-state index in [1.54, 1.807) is 0 Å². The minimum Gasteiger partial charge on any atom is -0.383 e. The first-order chi connectivity index (χ1) is 7.68. The Kier molecular flexibility index (Phi) is 1.83. The fourth-order valence-electron chi connectivity index (χ4n) is 1.95. The Morgan fingerprint density at radius 3 is 2.75 bits per heavy atom. The second kappa shape index (κ2) is 3.10. The summed E-state index contributed by atoms with van der Waals surface area (Å²) in [5, 5.41) is 0. The molecule has 0 aromatic carbocycles. The molecule has 1 saturated carbocycles. The summed E-state index contributed by atoms with van der Waals surface area (Å²) < 4.78 is 4.08. The summed E-state index contributed by atoms with van der Waals surface area (Å²) in [5.74, 6) is 1.64. The van der Waals surface area contributed by atoms with Crippen LogP contribution in [0.1, 0.15) is 24.7 Å². The lowest BCUT2D eigenvalue weighted by molar-refractivity contribution is 0.746. The SMILES string of the molecule is Cc1nc(-c2cncn2C2CC2)c(N)n1C. The first-order valence-electron chi connectivity index (χ1n) is 5.49. The Hall–Kier alpha value is -1.78. The highest BCUT2D eigenvalue weighted by molar-refractivity contribution is 5.68. The molecule has 0 amide bonds. The molecule has 2 N–H and O–H groups in total. The fourth-order valence-corrected chi connectivity index (χ4v) is 1.95. The normalized spacial score (nSPS) is 15.6. The van der Waals surface area contributed by atoms with E-state index in [4.69, 9.17) is 5.73 Å². The lowest BCUT2D eigenvalue weighted by Crippen LogP contribution is -2.00. The molecule has 1 fully saturated rings. The molecule has 1 aliphatic rings. The van der Waals surface area contributed by atoms with Crippen LogP contribution in [0.5, 0.6) is 0 Å². The van der Waals surface area contributed by atoms with Gasteiger partial charge >= 0.3 is 0 Å². The van der Waals surface area contributed by atoms with Crippen molar-refractivity contribution in [1.82, 2.24) is 19.1 Å². The van der Waals surface area contributed by atoms with Gasteiger partial charge in [0.2, 0.25) is 0 Å². The number of nitrogens with zero attached hydrogens (tertiary/aromatic N) is 4. The van der Waals surface area contributed by atoms with E-state index < -0.39 is 0 Å². The van der Waals surface area contributed by atoms with E-state index in [0.717, 1.165) is 17.2 Å². The third kappa shape index (κ3) is 1.24. The molecule has 16 heavy (non-hydrogen) atoms. The van der Waals surface area contributed by atoms with Crippen LogP contribution in [0.2, 0.25) is 0 Å². The zero-order valence-corrected chi connectivity index (χ0v) is 9.51. The maximum Gasteiger partial charge on any atom is 0.133 e. The Morgan fingerprint density at radius 2 is 2.19 bits per heavy atom. The number of hydrogen-bond acceptors (Lipinski definition) is 3. The van der Waals surface area contributed by atoms with E-state index >= 15 is 0 Å². The third-order valence-electron chi connectivity index (χ3n) is 3.21. The van der Waals surface area contributed by atoms with Crippen LogP contribution in [-0.2, 0) is 7.05 Å². The molecule has 2 aromatic rings. The van der Waals surface area contributed by atoms with Gasteiger partial charge in [-0.3, -0.25) is 0 Å². The number of rotatable bonds is 2. The Bertz CT molecular complexity index is 533. The van der Waals surface area contributed by atoms with Crippen LogP contribution in [0.3, 0.4) is 0 Å². The highest BCUT2D eigenvalue weighted by Crippen LogP contribution is 2.38. The fraction of sp³-hybridized carbons (Fsp3) is 0.455. The van der Waals surface area contributed by atoms with E-state index in [2.05, 4.69) is 14.5 Å². The van der Waals surface area contributed by atoms with Crippen LogP contribution < -0.4 is 5.73 Å². The van der Waals surface area contributed by atoms with Crippen LogP contribution >= 0.6 is 0 Å². The summed E-state index contributed by atoms with van der Waals surface area (Å²) in [6, 6.07) is 0.596. The second-order valence-corrected chi connectivity index (χ2v) is 4.37. The predicted octanol–water partition coefficient (Wildman–Crippen LogP) is 1.51. The van der Waals surface area contributed by atoms with Crippen molar-refractivity contribution in [2.24, 2.45) is 7.05 Å². The minimum atomic E-state index is 0.596. The Labute approximate surface area is 93.9 Å². The van der Waals surface area contributed by atoms with E-state index in [1.165, 1.54) is 12.8 Å². The van der Waals surface area contributed by atoms with Gasteiger partial charge in [0.15, 0.2) is 0 Å². The molecule has 0 radical (unpaired) electrons. The van der Waals surface area contributed by atoms with Crippen molar-refractivity contribution < 1.29 is 0 Å². The molecule has 0 saturated heterocycles. The highest BCUT2D eigenvalue weighted by Gasteiger charge is 2.27. The van der Waals surface area contributed by atoms with Crippen molar-refractivity contribution in [3.63, 3.8) is 0 Å².